The molecular formula is C13H14N2O2. The van der Waals surface area contributed by atoms with Crippen LogP contribution in [0.2, 0.25) is 0 Å². The zero-order valence-corrected chi connectivity index (χ0v) is 9.83. The molecule has 0 atom stereocenters. The van der Waals surface area contributed by atoms with Gasteiger partial charge in [0.1, 0.15) is 0 Å². The van der Waals surface area contributed by atoms with E-state index in [0.29, 0.717) is 5.69 Å². The van der Waals surface area contributed by atoms with Gasteiger partial charge in [-0.15, -0.1) is 0 Å². The Morgan fingerprint density at radius 1 is 1.24 bits per heavy atom. The van der Waals surface area contributed by atoms with Crippen molar-refractivity contribution in [2.45, 2.75) is 20.0 Å². The summed E-state index contributed by atoms with van der Waals surface area (Å²) >= 11 is 0. The highest BCUT2D eigenvalue weighted by molar-refractivity contribution is 5.87. The van der Waals surface area contributed by atoms with Crippen LogP contribution in [-0.4, -0.2) is 21.9 Å². The van der Waals surface area contributed by atoms with Crippen LogP contribution in [0.3, 0.4) is 0 Å². The van der Waals surface area contributed by atoms with Crippen LogP contribution in [0.1, 0.15) is 24.3 Å². The second-order valence-corrected chi connectivity index (χ2v) is 3.94. The topological polar surface area (TPSA) is 44.1 Å². The summed E-state index contributed by atoms with van der Waals surface area (Å²) in [4.78, 5) is 11.6. The van der Waals surface area contributed by atoms with Gasteiger partial charge in [-0.25, -0.2) is 9.48 Å². The summed E-state index contributed by atoms with van der Waals surface area (Å²) in [5, 5.41) is 4.18. The van der Waals surface area contributed by atoms with Gasteiger partial charge in [-0.1, -0.05) is 18.2 Å². The lowest BCUT2D eigenvalue weighted by Crippen LogP contribution is -2.12. The van der Waals surface area contributed by atoms with Gasteiger partial charge < -0.3 is 4.74 Å². The number of esters is 1. The summed E-state index contributed by atoms with van der Waals surface area (Å²) in [5.74, 6) is -0.394. The standard InChI is InChI=1S/C13H14N2O2/c1-10(2)17-13(16)12-8-9-15(14-12)11-6-4-3-5-7-11/h3-10H,1-2H3. The molecule has 1 heterocycles. The van der Waals surface area contributed by atoms with E-state index in [-0.39, 0.29) is 6.10 Å². The van der Waals surface area contributed by atoms with Crippen molar-refractivity contribution in [1.29, 1.82) is 0 Å². The summed E-state index contributed by atoms with van der Waals surface area (Å²) in [6.45, 7) is 3.62. The molecule has 0 aliphatic heterocycles. The van der Waals surface area contributed by atoms with E-state index in [4.69, 9.17) is 4.74 Å². The van der Waals surface area contributed by atoms with Crippen molar-refractivity contribution in [3.8, 4) is 5.69 Å². The lowest BCUT2D eigenvalue weighted by atomic mass is 10.3. The van der Waals surface area contributed by atoms with E-state index in [1.54, 1.807) is 16.9 Å². The highest BCUT2D eigenvalue weighted by Gasteiger charge is 2.12. The molecule has 0 saturated heterocycles. The monoisotopic (exact) mass is 230 g/mol. The van der Waals surface area contributed by atoms with Gasteiger partial charge in [0.05, 0.1) is 11.8 Å². The number of hydrogen-bond donors (Lipinski definition) is 0. The average Bonchev–Trinajstić information content (AvgIpc) is 2.78. The van der Waals surface area contributed by atoms with Crippen molar-refractivity contribution < 1.29 is 9.53 Å². The third-order valence-corrected chi connectivity index (χ3v) is 2.16. The second-order valence-electron chi connectivity index (χ2n) is 3.94. The van der Waals surface area contributed by atoms with Gasteiger partial charge in [0.2, 0.25) is 0 Å². The highest BCUT2D eigenvalue weighted by Crippen LogP contribution is 2.08. The molecule has 2 rings (SSSR count). The maximum absolute atomic E-state index is 11.6. The van der Waals surface area contributed by atoms with Crippen LogP contribution in [-0.2, 0) is 4.74 Å². The lowest BCUT2D eigenvalue weighted by molar-refractivity contribution is 0.0370. The minimum absolute atomic E-state index is 0.135. The molecule has 1 aromatic carbocycles. The number of carbonyl (C=O) groups is 1. The van der Waals surface area contributed by atoms with Crippen LogP contribution in [0.5, 0.6) is 0 Å². The number of para-hydroxylation sites is 1. The summed E-state index contributed by atoms with van der Waals surface area (Å²) in [7, 11) is 0. The van der Waals surface area contributed by atoms with Crippen LogP contribution < -0.4 is 0 Å². The van der Waals surface area contributed by atoms with Gasteiger partial charge in [-0.3, -0.25) is 0 Å². The largest absolute Gasteiger partial charge is 0.458 e. The van der Waals surface area contributed by atoms with E-state index in [0.717, 1.165) is 5.69 Å². The molecule has 2 aromatic rings. The lowest BCUT2D eigenvalue weighted by Gasteiger charge is -2.05. The first kappa shape index (κ1) is 11.4. The van der Waals surface area contributed by atoms with E-state index < -0.39 is 5.97 Å². The minimum atomic E-state index is -0.394. The maximum atomic E-state index is 11.6. The number of hydrogen-bond acceptors (Lipinski definition) is 3. The highest BCUT2D eigenvalue weighted by atomic mass is 16.5. The first-order valence-electron chi connectivity index (χ1n) is 5.49. The number of aromatic nitrogens is 2. The Balaban J connectivity index is 2.19. The van der Waals surface area contributed by atoms with Gasteiger partial charge in [-0.2, -0.15) is 5.10 Å². The van der Waals surface area contributed by atoms with Crippen molar-refractivity contribution in [2.24, 2.45) is 0 Å². The summed E-state index contributed by atoms with van der Waals surface area (Å²) in [5.41, 5.74) is 1.23. The Kier molecular flexibility index (Phi) is 3.23. The molecule has 17 heavy (non-hydrogen) atoms. The summed E-state index contributed by atoms with van der Waals surface area (Å²) < 4.78 is 6.72. The number of ether oxygens (including phenoxy) is 1. The van der Waals surface area contributed by atoms with E-state index in [1.807, 2.05) is 44.2 Å². The second kappa shape index (κ2) is 4.82. The third-order valence-electron chi connectivity index (χ3n) is 2.16. The van der Waals surface area contributed by atoms with Crippen LogP contribution in [0.15, 0.2) is 42.6 Å². The maximum Gasteiger partial charge on any atom is 0.359 e. The van der Waals surface area contributed by atoms with Gasteiger partial charge in [0.15, 0.2) is 5.69 Å². The third kappa shape index (κ3) is 2.72. The molecular weight excluding hydrogens is 216 g/mol. The fourth-order valence-electron chi connectivity index (χ4n) is 1.43. The molecule has 0 unspecified atom stereocenters. The Morgan fingerprint density at radius 2 is 1.94 bits per heavy atom. The molecule has 0 aliphatic carbocycles. The van der Waals surface area contributed by atoms with E-state index >= 15 is 0 Å². The predicted octanol–water partition coefficient (Wildman–Crippen LogP) is 2.44. The van der Waals surface area contributed by atoms with Gasteiger partial charge in [0, 0.05) is 6.20 Å². The molecule has 0 fully saturated rings. The number of carbonyl (C=O) groups excluding carboxylic acids is 1. The molecule has 0 N–H and O–H groups in total. The van der Waals surface area contributed by atoms with E-state index in [2.05, 4.69) is 5.10 Å². The van der Waals surface area contributed by atoms with Gasteiger partial charge in [-0.05, 0) is 32.0 Å². The quantitative estimate of drug-likeness (QED) is 0.761. The Morgan fingerprint density at radius 3 is 2.59 bits per heavy atom. The van der Waals surface area contributed by atoms with Crippen LogP contribution in [0, 0.1) is 0 Å². The zero-order chi connectivity index (χ0) is 12.3. The van der Waals surface area contributed by atoms with E-state index in [9.17, 15) is 4.79 Å². The normalized spacial score (nSPS) is 10.5. The molecule has 4 nitrogen and oxygen atoms in total. The molecule has 4 heteroatoms. The Hall–Kier alpha value is -2.10. The Labute approximate surface area is 99.8 Å². The zero-order valence-electron chi connectivity index (χ0n) is 9.83. The first-order valence-corrected chi connectivity index (χ1v) is 5.49. The molecule has 88 valence electrons. The fourth-order valence-corrected chi connectivity index (χ4v) is 1.43. The van der Waals surface area contributed by atoms with Crippen LogP contribution in [0.4, 0.5) is 0 Å². The Bertz CT molecular complexity index is 503. The van der Waals surface area contributed by atoms with Gasteiger partial charge in [0.25, 0.3) is 0 Å². The minimum Gasteiger partial charge on any atom is -0.458 e. The van der Waals surface area contributed by atoms with Crippen molar-refractivity contribution in [1.82, 2.24) is 9.78 Å². The SMILES string of the molecule is CC(C)OC(=O)c1ccn(-c2ccccc2)n1. The molecule has 0 spiro atoms. The van der Waals surface area contributed by atoms with Gasteiger partial charge >= 0.3 is 5.97 Å². The molecule has 0 amide bonds. The number of nitrogens with zero attached hydrogens (tertiary/aromatic N) is 2. The molecule has 0 aliphatic rings. The van der Waals surface area contributed by atoms with Crippen molar-refractivity contribution in [2.75, 3.05) is 0 Å². The first-order chi connectivity index (χ1) is 8.16. The number of benzene rings is 1. The summed E-state index contributed by atoms with van der Waals surface area (Å²) in [6.07, 6.45) is 1.61. The average molecular weight is 230 g/mol. The van der Waals surface area contributed by atoms with Crippen molar-refractivity contribution in [3.05, 3.63) is 48.3 Å². The number of rotatable bonds is 3. The predicted molar refractivity (Wildman–Crippen MR) is 64.1 cm³/mol. The molecule has 0 bridgehead atoms. The smallest absolute Gasteiger partial charge is 0.359 e. The fraction of sp³-hybridized carbons (Fsp3) is 0.231. The molecule has 0 saturated carbocycles. The van der Waals surface area contributed by atoms with Crippen LogP contribution in [0.25, 0.3) is 5.69 Å². The van der Waals surface area contributed by atoms with Crippen molar-refractivity contribution in [3.63, 3.8) is 0 Å². The summed E-state index contributed by atoms with van der Waals surface area (Å²) in [6, 6.07) is 11.3. The molecule has 1 aromatic heterocycles. The molecule has 0 radical (unpaired) electrons. The van der Waals surface area contributed by atoms with Crippen LogP contribution >= 0.6 is 0 Å². The van der Waals surface area contributed by atoms with E-state index in [1.165, 1.54) is 0 Å². The van der Waals surface area contributed by atoms with Crippen molar-refractivity contribution >= 4 is 5.97 Å².